The number of aliphatic hydroxyl groups excluding tert-OH is 1. The Morgan fingerprint density at radius 1 is 1.20 bits per heavy atom. The van der Waals surface area contributed by atoms with E-state index in [1.165, 1.54) is 0 Å². The van der Waals surface area contributed by atoms with Gasteiger partial charge in [-0.25, -0.2) is 4.79 Å². The van der Waals surface area contributed by atoms with Crippen molar-refractivity contribution >= 4 is 11.9 Å². The molecule has 118 valence electrons. The van der Waals surface area contributed by atoms with E-state index < -0.39 is 18.1 Å². The van der Waals surface area contributed by atoms with E-state index in [4.69, 9.17) is 10.2 Å². The minimum absolute atomic E-state index is 0.0278. The Hall–Kier alpha value is -1.14. The third kappa shape index (κ3) is 6.34. The molecule has 3 N–H and O–H groups in total. The fourth-order valence-electron chi connectivity index (χ4n) is 2.26. The van der Waals surface area contributed by atoms with Crippen molar-refractivity contribution in [2.75, 3.05) is 20.2 Å². The van der Waals surface area contributed by atoms with Gasteiger partial charge in [0.15, 0.2) is 0 Å². The van der Waals surface area contributed by atoms with Gasteiger partial charge in [-0.2, -0.15) is 0 Å². The zero-order valence-electron chi connectivity index (χ0n) is 13.1. The lowest BCUT2D eigenvalue weighted by atomic mass is 9.99. The van der Waals surface area contributed by atoms with Crippen molar-refractivity contribution < 1.29 is 19.8 Å². The number of carbonyl (C=O) groups is 2. The van der Waals surface area contributed by atoms with Crippen LogP contribution < -0.4 is 5.32 Å². The minimum Gasteiger partial charge on any atom is -0.480 e. The lowest BCUT2D eigenvalue weighted by Crippen LogP contribution is -2.53. The first-order valence-electron chi connectivity index (χ1n) is 7.04. The third-order valence-corrected chi connectivity index (χ3v) is 3.15. The molecule has 0 aliphatic carbocycles. The number of amides is 1. The molecule has 0 radical (unpaired) electrons. The molecule has 0 spiro atoms. The van der Waals surface area contributed by atoms with Gasteiger partial charge in [0.2, 0.25) is 5.91 Å². The summed E-state index contributed by atoms with van der Waals surface area (Å²) in [5.41, 5.74) is 0. The van der Waals surface area contributed by atoms with E-state index in [2.05, 4.69) is 5.32 Å². The molecule has 0 rings (SSSR count). The molecule has 0 aliphatic rings. The Morgan fingerprint density at radius 3 is 2.10 bits per heavy atom. The number of carboxylic acids is 1. The van der Waals surface area contributed by atoms with Crippen molar-refractivity contribution in [3.05, 3.63) is 0 Å². The summed E-state index contributed by atoms with van der Waals surface area (Å²) in [5.74, 6) is -1.10. The molecule has 0 aliphatic heterocycles. The number of carboxylic acid groups (broad SMARTS) is 1. The second kappa shape index (κ2) is 8.92. The van der Waals surface area contributed by atoms with Crippen LogP contribution in [0.3, 0.4) is 0 Å². The number of hydrogen-bond acceptors (Lipinski definition) is 4. The van der Waals surface area contributed by atoms with Crippen molar-refractivity contribution in [3.8, 4) is 0 Å². The van der Waals surface area contributed by atoms with Gasteiger partial charge in [-0.15, -0.1) is 0 Å². The molecule has 0 aromatic carbocycles. The van der Waals surface area contributed by atoms with Crippen LogP contribution in [0.5, 0.6) is 0 Å². The molecule has 0 saturated heterocycles. The summed E-state index contributed by atoms with van der Waals surface area (Å²) in [6, 6.07) is -1.32. The van der Waals surface area contributed by atoms with Gasteiger partial charge >= 0.3 is 5.97 Å². The third-order valence-electron chi connectivity index (χ3n) is 3.15. The summed E-state index contributed by atoms with van der Waals surface area (Å²) in [6.45, 7) is 7.96. The van der Waals surface area contributed by atoms with Gasteiger partial charge in [0.25, 0.3) is 0 Å². The summed E-state index contributed by atoms with van der Waals surface area (Å²) in [6.07, 6.45) is 0.398. The van der Waals surface area contributed by atoms with Gasteiger partial charge in [-0.05, 0) is 25.3 Å². The van der Waals surface area contributed by atoms with E-state index in [9.17, 15) is 9.59 Å². The van der Waals surface area contributed by atoms with Gasteiger partial charge in [0, 0.05) is 6.54 Å². The average molecular weight is 288 g/mol. The zero-order valence-corrected chi connectivity index (χ0v) is 13.1. The average Bonchev–Trinajstić information content (AvgIpc) is 2.27. The van der Waals surface area contributed by atoms with E-state index in [-0.39, 0.29) is 24.3 Å². The molecule has 0 bridgehead atoms. The first-order valence-corrected chi connectivity index (χ1v) is 7.04. The fraction of sp³-hybridized carbons (Fsp3) is 0.857. The predicted octanol–water partition coefficient (Wildman–Crippen LogP) is 0.551. The highest BCUT2D eigenvalue weighted by Crippen LogP contribution is 2.11. The predicted molar refractivity (Wildman–Crippen MR) is 77.4 cm³/mol. The summed E-state index contributed by atoms with van der Waals surface area (Å²) >= 11 is 0. The van der Waals surface area contributed by atoms with Crippen molar-refractivity contribution in [2.24, 2.45) is 11.8 Å². The number of nitrogens with zero attached hydrogens (tertiary/aromatic N) is 1. The molecule has 6 heteroatoms. The Morgan fingerprint density at radius 2 is 1.75 bits per heavy atom. The highest BCUT2D eigenvalue weighted by molar-refractivity contribution is 5.87. The summed E-state index contributed by atoms with van der Waals surface area (Å²) < 4.78 is 0. The number of aliphatic carboxylic acids is 1. The van der Waals surface area contributed by atoms with Crippen LogP contribution in [-0.2, 0) is 9.59 Å². The van der Waals surface area contributed by atoms with Crippen LogP contribution >= 0.6 is 0 Å². The summed E-state index contributed by atoms with van der Waals surface area (Å²) in [5, 5.41) is 20.7. The number of hydrogen-bond donors (Lipinski definition) is 3. The standard InChI is InChI=1S/C14H28N2O4/c1-9(2)8-11(14(19)20)15-13(18)12(10(3)4)16(5)6-7-17/h9-12,17H,6-8H2,1-5H3,(H,15,18)(H,19,20). The lowest BCUT2D eigenvalue weighted by Gasteiger charge is -2.30. The topological polar surface area (TPSA) is 89.9 Å². The van der Waals surface area contributed by atoms with E-state index in [1.807, 2.05) is 27.7 Å². The van der Waals surface area contributed by atoms with Crippen molar-refractivity contribution in [2.45, 2.75) is 46.2 Å². The van der Waals surface area contributed by atoms with E-state index in [0.717, 1.165) is 0 Å². The number of carbonyl (C=O) groups excluding carboxylic acids is 1. The van der Waals surface area contributed by atoms with Crippen molar-refractivity contribution in [3.63, 3.8) is 0 Å². The highest BCUT2D eigenvalue weighted by Gasteiger charge is 2.30. The van der Waals surface area contributed by atoms with Crippen LogP contribution in [0.25, 0.3) is 0 Å². The minimum atomic E-state index is -1.01. The maximum atomic E-state index is 12.3. The van der Waals surface area contributed by atoms with Gasteiger partial charge in [-0.3, -0.25) is 9.69 Å². The smallest absolute Gasteiger partial charge is 0.326 e. The maximum Gasteiger partial charge on any atom is 0.326 e. The molecular formula is C14H28N2O4. The normalized spacial score (nSPS) is 14.7. The van der Waals surface area contributed by atoms with E-state index >= 15 is 0 Å². The molecule has 2 unspecified atom stereocenters. The Bertz CT molecular complexity index is 318. The highest BCUT2D eigenvalue weighted by atomic mass is 16.4. The molecule has 0 aromatic rings. The molecule has 0 saturated carbocycles. The number of aliphatic hydroxyl groups is 1. The van der Waals surface area contributed by atoms with Crippen LogP contribution in [0, 0.1) is 11.8 Å². The van der Waals surface area contributed by atoms with Gasteiger partial charge < -0.3 is 15.5 Å². The molecular weight excluding hydrogens is 260 g/mol. The summed E-state index contributed by atoms with van der Waals surface area (Å²) in [7, 11) is 1.75. The Labute approximate surface area is 121 Å². The fourth-order valence-corrected chi connectivity index (χ4v) is 2.26. The lowest BCUT2D eigenvalue weighted by molar-refractivity contribution is -0.143. The van der Waals surface area contributed by atoms with Crippen LogP contribution in [0.4, 0.5) is 0 Å². The monoisotopic (exact) mass is 288 g/mol. The number of likely N-dealkylation sites (N-methyl/N-ethyl adjacent to an activating group) is 1. The SMILES string of the molecule is CC(C)CC(NC(=O)C(C(C)C)N(C)CCO)C(=O)O. The quantitative estimate of drug-likeness (QED) is 0.576. The van der Waals surface area contributed by atoms with Gasteiger partial charge in [0.05, 0.1) is 12.6 Å². The number of nitrogens with one attached hydrogen (secondary N) is 1. The summed E-state index contributed by atoms with van der Waals surface area (Å²) in [4.78, 5) is 25.2. The van der Waals surface area contributed by atoms with Crippen LogP contribution in [0.15, 0.2) is 0 Å². The zero-order chi connectivity index (χ0) is 15.9. The molecule has 0 fully saturated rings. The van der Waals surface area contributed by atoms with Crippen LogP contribution in [-0.4, -0.2) is 59.3 Å². The van der Waals surface area contributed by atoms with Gasteiger partial charge in [-0.1, -0.05) is 27.7 Å². The molecule has 2 atom stereocenters. The van der Waals surface area contributed by atoms with E-state index in [0.29, 0.717) is 13.0 Å². The Balaban J connectivity index is 4.84. The first-order chi connectivity index (χ1) is 9.20. The van der Waals surface area contributed by atoms with Crippen LogP contribution in [0.2, 0.25) is 0 Å². The molecule has 6 nitrogen and oxygen atoms in total. The first kappa shape index (κ1) is 18.9. The van der Waals surface area contributed by atoms with Crippen LogP contribution in [0.1, 0.15) is 34.1 Å². The maximum absolute atomic E-state index is 12.3. The van der Waals surface area contributed by atoms with Gasteiger partial charge in [0.1, 0.15) is 6.04 Å². The largest absolute Gasteiger partial charge is 0.480 e. The molecule has 1 amide bonds. The molecule has 0 aromatic heterocycles. The second-order valence-electron chi connectivity index (χ2n) is 5.92. The Kier molecular flexibility index (Phi) is 8.41. The molecule has 20 heavy (non-hydrogen) atoms. The number of rotatable bonds is 9. The molecule has 0 heterocycles. The van der Waals surface area contributed by atoms with Crippen molar-refractivity contribution in [1.82, 2.24) is 10.2 Å². The second-order valence-corrected chi connectivity index (χ2v) is 5.92. The van der Waals surface area contributed by atoms with Crippen molar-refractivity contribution in [1.29, 1.82) is 0 Å². The van der Waals surface area contributed by atoms with E-state index in [1.54, 1.807) is 11.9 Å².